The van der Waals surface area contributed by atoms with Crippen LogP contribution in [0.4, 0.5) is 11.5 Å². The molecule has 2 aromatic rings. The lowest BCUT2D eigenvalue weighted by Gasteiger charge is -2.12. The maximum absolute atomic E-state index is 11.9. The van der Waals surface area contributed by atoms with E-state index in [9.17, 15) is 9.59 Å². The fraction of sp³-hybridized carbons (Fsp3) is 0.167. The van der Waals surface area contributed by atoms with Crippen LogP contribution in [-0.4, -0.2) is 23.7 Å². The van der Waals surface area contributed by atoms with E-state index in [1.165, 1.54) is 11.7 Å². The summed E-state index contributed by atoms with van der Waals surface area (Å²) in [6, 6.07) is 6.81. The molecule has 0 amide bonds. The molecule has 0 aliphatic rings. The van der Waals surface area contributed by atoms with Gasteiger partial charge in [0.2, 0.25) is 0 Å². The number of H-pyrrole nitrogens is 1. The third-order valence-electron chi connectivity index (χ3n) is 2.71. The van der Waals surface area contributed by atoms with Gasteiger partial charge in [0.25, 0.3) is 5.56 Å². The second-order valence-corrected chi connectivity index (χ2v) is 3.81. The summed E-state index contributed by atoms with van der Waals surface area (Å²) in [6.45, 7) is 0. The largest absolute Gasteiger partial charge is 0.497 e. The van der Waals surface area contributed by atoms with Crippen molar-refractivity contribution in [2.75, 3.05) is 25.2 Å². The molecule has 0 saturated carbocycles. The van der Waals surface area contributed by atoms with Crippen molar-refractivity contribution in [3.8, 4) is 11.4 Å². The first kappa shape index (κ1) is 12.7. The number of ether oxygens (including phenoxy) is 1. The van der Waals surface area contributed by atoms with E-state index in [4.69, 9.17) is 10.5 Å². The van der Waals surface area contributed by atoms with Crippen LogP contribution in [0.3, 0.4) is 0 Å². The van der Waals surface area contributed by atoms with Gasteiger partial charge in [-0.3, -0.25) is 9.78 Å². The molecular weight excluding hydrogens is 248 g/mol. The number of nitrogens with two attached hydrogens (primary N) is 1. The van der Waals surface area contributed by atoms with Crippen molar-refractivity contribution in [2.45, 2.75) is 0 Å². The number of nitrogens with one attached hydrogen (secondary N) is 2. The van der Waals surface area contributed by atoms with E-state index in [0.717, 1.165) is 0 Å². The van der Waals surface area contributed by atoms with E-state index < -0.39 is 11.2 Å². The third-order valence-corrected chi connectivity index (χ3v) is 2.71. The summed E-state index contributed by atoms with van der Waals surface area (Å²) in [7, 11) is 3.08. The van der Waals surface area contributed by atoms with Gasteiger partial charge >= 0.3 is 5.69 Å². The number of rotatable bonds is 3. The van der Waals surface area contributed by atoms with Crippen LogP contribution in [0.2, 0.25) is 0 Å². The number of aromatic nitrogens is 2. The highest BCUT2D eigenvalue weighted by molar-refractivity contribution is 5.63. The van der Waals surface area contributed by atoms with Crippen molar-refractivity contribution < 1.29 is 4.74 Å². The number of nitrogens with zero attached hydrogens (tertiary/aromatic N) is 1. The molecule has 4 N–H and O–H groups in total. The molecule has 1 aromatic heterocycles. The van der Waals surface area contributed by atoms with E-state index in [2.05, 4.69) is 10.3 Å². The molecule has 0 fully saturated rings. The molecule has 0 bridgehead atoms. The minimum absolute atomic E-state index is 0.0458. The highest BCUT2D eigenvalue weighted by Gasteiger charge is 2.12. The van der Waals surface area contributed by atoms with Gasteiger partial charge in [-0.1, -0.05) is 6.07 Å². The zero-order valence-corrected chi connectivity index (χ0v) is 10.6. The van der Waals surface area contributed by atoms with Gasteiger partial charge in [0, 0.05) is 13.1 Å². The Morgan fingerprint density at radius 1 is 1.37 bits per heavy atom. The van der Waals surface area contributed by atoms with Crippen molar-refractivity contribution in [3.63, 3.8) is 0 Å². The van der Waals surface area contributed by atoms with Crippen LogP contribution in [0.25, 0.3) is 5.69 Å². The Labute approximate surface area is 108 Å². The third kappa shape index (κ3) is 2.17. The van der Waals surface area contributed by atoms with Gasteiger partial charge in [0.05, 0.1) is 12.8 Å². The highest BCUT2D eigenvalue weighted by Crippen LogP contribution is 2.19. The van der Waals surface area contributed by atoms with Gasteiger partial charge in [0.15, 0.2) is 0 Å². The predicted octanol–water partition coefficient (Wildman–Crippen LogP) is 0.158. The molecule has 0 spiro atoms. The van der Waals surface area contributed by atoms with Crippen molar-refractivity contribution in [1.29, 1.82) is 0 Å². The second-order valence-electron chi connectivity index (χ2n) is 3.81. The minimum atomic E-state index is -0.602. The van der Waals surface area contributed by atoms with Crippen molar-refractivity contribution in [3.05, 3.63) is 45.1 Å². The normalized spacial score (nSPS) is 10.2. The standard InChI is InChI=1S/C12H14N4O3/c1-14-9-10(13)16(12(18)15-11(9)17)7-4-3-5-8(6-7)19-2/h3-6,14H,13H2,1-2H3,(H,15,17,18). The van der Waals surface area contributed by atoms with Gasteiger partial charge in [-0.25, -0.2) is 9.36 Å². The number of hydrogen-bond acceptors (Lipinski definition) is 5. The minimum Gasteiger partial charge on any atom is -0.497 e. The SMILES string of the molecule is CNc1c(N)n(-c2cccc(OC)c2)c(=O)[nH]c1=O. The predicted molar refractivity (Wildman–Crippen MR) is 73.2 cm³/mol. The average molecular weight is 262 g/mol. The van der Waals surface area contributed by atoms with Crippen LogP contribution in [0, 0.1) is 0 Å². The van der Waals surface area contributed by atoms with Gasteiger partial charge < -0.3 is 15.8 Å². The van der Waals surface area contributed by atoms with Gasteiger partial charge in [-0.2, -0.15) is 0 Å². The number of methoxy groups -OCH3 is 1. The number of nitrogen functional groups attached to an aromatic ring is 1. The molecule has 1 heterocycles. The van der Waals surface area contributed by atoms with Crippen LogP contribution in [0.5, 0.6) is 5.75 Å². The Balaban J connectivity index is 2.75. The van der Waals surface area contributed by atoms with Crippen LogP contribution in [0.1, 0.15) is 0 Å². The molecule has 0 atom stereocenters. The molecule has 0 aliphatic heterocycles. The van der Waals surface area contributed by atoms with Gasteiger partial charge in [0.1, 0.15) is 17.3 Å². The smallest absolute Gasteiger partial charge is 0.334 e. The van der Waals surface area contributed by atoms with E-state index in [0.29, 0.717) is 11.4 Å². The zero-order chi connectivity index (χ0) is 14.0. The van der Waals surface area contributed by atoms with E-state index in [-0.39, 0.29) is 11.5 Å². The lowest BCUT2D eigenvalue weighted by molar-refractivity contribution is 0.414. The maximum Gasteiger partial charge on any atom is 0.334 e. The van der Waals surface area contributed by atoms with Crippen LogP contribution < -0.4 is 27.0 Å². The molecule has 1 aromatic carbocycles. The van der Waals surface area contributed by atoms with Crippen molar-refractivity contribution in [2.24, 2.45) is 0 Å². The molecule has 2 rings (SSSR count). The van der Waals surface area contributed by atoms with E-state index in [1.807, 2.05) is 0 Å². The number of hydrogen-bond donors (Lipinski definition) is 3. The summed E-state index contributed by atoms with van der Waals surface area (Å²) in [5.74, 6) is 0.630. The number of anilines is 2. The first-order chi connectivity index (χ1) is 9.08. The van der Waals surface area contributed by atoms with Crippen molar-refractivity contribution in [1.82, 2.24) is 9.55 Å². The Hall–Kier alpha value is -2.70. The summed E-state index contributed by atoms with van der Waals surface area (Å²) in [4.78, 5) is 25.7. The number of benzene rings is 1. The summed E-state index contributed by atoms with van der Waals surface area (Å²) >= 11 is 0. The van der Waals surface area contributed by atoms with Gasteiger partial charge in [-0.15, -0.1) is 0 Å². The Morgan fingerprint density at radius 2 is 2.11 bits per heavy atom. The lowest BCUT2D eigenvalue weighted by Crippen LogP contribution is -2.32. The Bertz CT molecular complexity index is 718. The quantitative estimate of drug-likeness (QED) is 0.731. The summed E-state index contributed by atoms with van der Waals surface area (Å²) in [6.07, 6.45) is 0. The molecule has 100 valence electrons. The molecule has 0 aliphatic carbocycles. The first-order valence-corrected chi connectivity index (χ1v) is 5.55. The summed E-state index contributed by atoms with van der Waals surface area (Å²) < 4.78 is 6.30. The van der Waals surface area contributed by atoms with Crippen molar-refractivity contribution >= 4 is 11.5 Å². The molecule has 19 heavy (non-hydrogen) atoms. The van der Waals surface area contributed by atoms with E-state index in [1.54, 1.807) is 31.3 Å². The topological polar surface area (TPSA) is 102 Å². The van der Waals surface area contributed by atoms with Crippen LogP contribution >= 0.6 is 0 Å². The molecule has 0 radical (unpaired) electrons. The fourth-order valence-electron chi connectivity index (χ4n) is 1.80. The maximum atomic E-state index is 11.9. The molecular formula is C12H14N4O3. The second kappa shape index (κ2) is 4.89. The molecule has 7 heteroatoms. The Kier molecular flexibility index (Phi) is 3.28. The van der Waals surface area contributed by atoms with Crippen LogP contribution in [-0.2, 0) is 0 Å². The lowest BCUT2D eigenvalue weighted by atomic mass is 10.3. The monoisotopic (exact) mass is 262 g/mol. The average Bonchev–Trinajstić information content (AvgIpc) is 2.39. The first-order valence-electron chi connectivity index (χ1n) is 5.55. The number of aromatic amines is 1. The summed E-state index contributed by atoms with van der Waals surface area (Å²) in [5.41, 5.74) is 5.35. The fourth-order valence-corrected chi connectivity index (χ4v) is 1.80. The highest BCUT2D eigenvalue weighted by atomic mass is 16.5. The molecule has 0 unspecified atom stereocenters. The van der Waals surface area contributed by atoms with E-state index >= 15 is 0 Å². The zero-order valence-electron chi connectivity index (χ0n) is 10.6. The molecule has 7 nitrogen and oxygen atoms in total. The Morgan fingerprint density at radius 3 is 2.74 bits per heavy atom. The van der Waals surface area contributed by atoms with Crippen LogP contribution in [0.15, 0.2) is 33.9 Å². The summed E-state index contributed by atoms with van der Waals surface area (Å²) in [5, 5.41) is 2.67. The van der Waals surface area contributed by atoms with Gasteiger partial charge in [-0.05, 0) is 12.1 Å². The molecule has 0 saturated heterocycles.